The number of fused-ring (bicyclic) bond motifs is 1. The monoisotopic (exact) mass is 395 g/mol. The zero-order valence-corrected chi connectivity index (χ0v) is 15.3. The first-order chi connectivity index (χ1) is 13.6. The summed E-state index contributed by atoms with van der Waals surface area (Å²) in [4.78, 5) is 16.6. The van der Waals surface area contributed by atoms with Gasteiger partial charge in [-0.25, -0.2) is 18.7 Å². The standard InChI is InChI=1S/C20H15ClFN5O/c21-16-10-15(6-7-17(16)22)25-20(28)23-11-13-3-1-4-14(9-13)18-12-27-19(26-18)5-2-8-24-27/h1-10,12H,11H2,(H2,23,25,28). The SMILES string of the molecule is O=C(NCc1cccc(-c2cn3ncccc3n2)c1)Nc1ccc(F)c(Cl)c1. The van der Waals surface area contributed by atoms with Crippen LogP contribution in [0.15, 0.2) is 67.0 Å². The summed E-state index contributed by atoms with van der Waals surface area (Å²) in [6, 6.07) is 15.0. The Morgan fingerprint density at radius 1 is 1.14 bits per heavy atom. The van der Waals surface area contributed by atoms with Crippen molar-refractivity contribution in [3.63, 3.8) is 0 Å². The molecule has 2 heterocycles. The number of nitrogens with zero attached hydrogens (tertiary/aromatic N) is 3. The lowest BCUT2D eigenvalue weighted by atomic mass is 10.1. The van der Waals surface area contributed by atoms with Crippen LogP contribution in [0, 0.1) is 5.82 Å². The molecule has 0 bridgehead atoms. The lowest BCUT2D eigenvalue weighted by Gasteiger charge is -2.09. The normalized spacial score (nSPS) is 10.8. The molecule has 2 aromatic heterocycles. The summed E-state index contributed by atoms with van der Waals surface area (Å²) in [5, 5.41) is 9.55. The van der Waals surface area contributed by atoms with E-state index >= 15 is 0 Å². The van der Waals surface area contributed by atoms with Gasteiger partial charge in [-0.15, -0.1) is 0 Å². The maximum absolute atomic E-state index is 13.2. The topological polar surface area (TPSA) is 71.3 Å². The molecule has 4 rings (SSSR count). The molecule has 0 spiro atoms. The summed E-state index contributed by atoms with van der Waals surface area (Å²) in [6.45, 7) is 0.320. The summed E-state index contributed by atoms with van der Waals surface area (Å²) >= 11 is 5.72. The molecule has 0 aliphatic rings. The number of halogens is 2. The number of aromatic nitrogens is 3. The maximum Gasteiger partial charge on any atom is 0.319 e. The number of imidazole rings is 1. The van der Waals surface area contributed by atoms with Gasteiger partial charge in [-0.05, 0) is 42.0 Å². The smallest absolute Gasteiger partial charge is 0.319 e. The summed E-state index contributed by atoms with van der Waals surface area (Å²) in [7, 11) is 0. The fraction of sp³-hybridized carbons (Fsp3) is 0.0500. The molecule has 4 aromatic rings. The van der Waals surface area contributed by atoms with Crippen LogP contribution in [0.4, 0.5) is 14.9 Å². The van der Waals surface area contributed by atoms with Crippen molar-refractivity contribution in [3.05, 3.63) is 83.4 Å². The highest BCUT2D eigenvalue weighted by atomic mass is 35.5. The molecule has 0 unspecified atom stereocenters. The van der Waals surface area contributed by atoms with E-state index in [0.717, 1.165) is 22.5 Å². The van der Waals surface area contributed by atoms with E-state index in [1.54, 1.807) is 10.7 Å². The number of anilines is 1. The first-order valence-electron chi connectivity index (χ1n) is 8.48. The number of urea groups is 1. The Kier molecular flexibility index (Phi) is 4.90. The second-order valence-corrected chi connectivity index (χ2v) is 6.50. The summed E-state index contributed by atoms with van der Waals surface area (Å²) in [5.41, 5.74) is 3.81. The Morgan fingerprint density at radius 3 is 2.86 bits per heavy atom. The number of benzene rings is 2. The van der Waals surface area contributed by atoms with Gasteiger partial charge in [0.2, 0.25) is 0 Å². The van der Waals surface area contributed by atoms with Crippen LogP contribution in [0.2, 0.25) is 5.02 Å². The van der Waals surface area contributed by atoms with E-state index in [-0.39, 0.29) is 5.02 Å². The minimum absolute atomic E-state index is 0.0487. The summed E-state index contributed by atoms with van der Waals surface area (Å²) < 4.78 is 14.9. The largest absolute Gasteiger partial charge is 0.334 e. The molecule has 0 fully saturated rings. The lowest BCUT2D eigenvalue weighted by molar-refractivity contribution is 0.251. The van der Waals surface area contributed by atoms with E-state index in [4.69, 9.17) is 11.6 Å². The molecule has 0 saturated carbocycles. The van der Waals surface area contributed by atoms with Crippen LogP contribution in [-0.4, -0.2) is 20.6 Å². The number of rotatable bonds is 4. The van der Waals surface area contributed by atoms with Gasteiger partial charge in [-0.1, -0.05) is 29.8 Å². The van der Waals surface area contributed by atoms with Crippen LogP contribution >= 0.6 is 11.6 Å². The molecule has 0 saturated heterocycles. The minimum Gasteiger partial charge on any atom is -0.334 e. The zero-order valence-electron chi connectivity index (χ0n) is 14.6. The van der Waals surface area contributed by atoms with Crippen molar-refractivity contribution in [2.24, 2.45) is 0 Å². The van der Waals surface area contributed by atoms with Crippen LogP contribution < -0.4 is 10.6 Å². The van der Waals surface area contributed by atoms with Crippen LogP contribution in [0.25, 0.3) is 16.9 Å². The van der Waals surface area contributed by atoms with Gasteiger partial charge in [0.15, 0.2) is 5.65 Å². The zero-order chi connectivity index (χ0) is 19.5. The van der Waals surface area contributed by atoms with Gasteiger partial charge in [0.25, 0.3) is 0 Å². The predicted octanol–water partition coefficient (Wildman–Crippen LogP) is 4.51. The highest BCUT2D eigenvalue weighted by molar-refractivity contribution is 6.31. The Hall–Kier alpha value is -3.45. The molecule has 0 aliphatic carbocycles. The Labute approximate surface area is 165 Å². The minimum atomic E-state index is -0.536. The van der Waals surface area contributed by atoms with E-state index in [9.17, 15) is 9.18 Å². The highest BCUT2D eigenvalue weighted by Gasteiger charge is 2.08. The number of hydrogen-bond donors (Lipinski definition) is 2. The van der Waals surface area contributed by atoms with Crippen LogP contribution in [-0.2, 0) is 6.54 Å². The average Bonchev–Trinajstić information content (AvgIpc) is 3.14. The van der Waals surface area contributed by atoms with E-state index in [1.165, 1.54) is 18.2 Å². The number of amides is 2. The van der Waals surface area contributed by atoms with Gasteiger partial charge < -0.3 is 10.6 Å². The number of carbonyl (C=O) groups is 1. The fourth-order valence-corrected chi connectivity index (χ4v) is 2.92. The quantitative estimate of drug-likeness (QED) is 0.534. The maximum atomic E-state index is 13.2. The van der Waals surface area contributed by atoms with Crippen molar-refractivity contribution in [2.75, 3.05) is 5.32 Å². The van der Waals surface area contributed by atoms with E-state index in [1.807, 2.05) is 42.6 Å². The first kappa shape index (κ1) is 17.9. The van der Waals surface area contributed by atoms with Crippen molar-refractivity contribution < 1.29 is 9.18 Å². The first-order valence-corrected chi connectivity index (χ1v) is 8.86. The van der Waals surface area contributed by atoms with Crippen molar-refractivity contribution in [2.45, 2.75) is 6.54 Å². The molecule has 2 aromatic carbocycles. The summed E-state index contributed by atoms with van der Waals surface area (Å²) in [5.74, 6) is -0.536. The Balaban J connectivity index is 1.43. The van der Waals surface area contributed by atoms with Gasteiger partial charge in [0, 0.05) is 24.0 Å². The third-order valence-electron chi connectivity index (χ3n) is 4.09. The molecule has 0 atom stereocenters. The van der Waals surface area contributed by atoms with Gasteiger partial charge in [-0.3, -0.25) is 0 Å². The van der Waals surface area contributed by atoms with Crippen LogP contribution in [0.5, 0.6) is 0 Å². The summed E-state index contributed by atoms with van der Waals surface area (Å²) in [6.07, 6.45) is 3.55. The molecule has 2 amide bonds. The molecule has 0 radical (unpaired) electrons. The van der Waals surface area contributed by atoms with Crippen molar-refractivity contribution in [3.8, 4) is 11.3 Å². The van der Waals surface area contributed by atoms with Crippen molar-refractivity contribution >= 4 is 29.0 Å². The third-order valence-corrected chi connectivity index (χ3v) is 4.38. The molecule has 0 aliphatic heterocycles. The second kappa shape index (κ2) is 7.66. The van der Waals surface area contributed by atoms with Gasteiger partial charge in [0.1, 0.15) is 5.82 Å². The van der Waals surface area contributed by atoms with Crippen molar-refractivity contribution in [1.29, 1.82) is 0 Å². The van der Waals surface area contributed by atoms with E-state index in [0.29, 0.717) is 12.2 Å². The molecule has 140 valence electrons. The molecule has 2 N–H and O–H groups in total. The highest BCUT2D eigenvalue weighted by Crippen LogP contribution is 2.21. The molecular formula is C20H15ClFN5O. The third kappa shape index (κ3) is 3.94. The fourth-order valence-electron chi connectivity index (χ4n) is 2.74. The van der Waals surface area contributed by atoms with Crippen LogP contribution in [0.1, 0.15) is 5.56 Å². The molecule has 28 heavy (non-hydrogen) atoms. The Morgan fingerprint density at radius 2 is 2.04 bits per heavy atom. The molecule has 6 nitrogen and oxygen atoms in total. The van der Waals surface area contributed by atoms with E-state index < -0.39 is 11.8 Å². The van der Waals surface area contributed by atoms with Gasteiger partial charge in [-0.2, -0.15) is 5.10 Å². The van der Waals surface area contributed by atoms with Crippen LogP contribution in [0.3, 0.4) is 0 Å². The van der Waals surface area contributed by atoms with Crippen molar-refractivity contribution in [1.82, 2.24) is 19.9 Å². The number of hydrogen-bond acceptors (Lipinski definition) is 3. The van der Waals surface area contributed by atoms with E-state index in [2.05, 4.69) is 20.7 Å². The van der Waals surface area contributed by atoms with Gasteiger partial charge in [0.05, 0.1) is 16.9 Å². The van der Waals surface area contributed by atoms with Gasteiger partial charge >= 0.3 is 6.03 Å². The predicted molar refractivity (Wildman–Crippen MR) is 106 cm³/mol. The molecular weight excluding hydrogens is 381 g/mol. The number of carbonyl (C=O) groups excluding carboxylic acids is 1. The average molecular weight is 396 g/mol. The molecule has 8 heteroatoms. The lowest BCUT2D eigenvalue weighted by Crippen LogP contribution is -2.28. The number of nitrogens with one attached hydrogen (secondary N) is 2. The second-order valence-electron chi connectivity index (χ2n) is 6.09. The Bertz CT molecular complexity index is 1130.